The van der Waals surface area contributed by atoms with E-state index in [1.54, 1.807) is 0 Å². The largest absolute Gasteiger partial charge is 0.338 e. The summed E-state index contributed by atoms with van der Waals surface area (Å²) >= 11 is 0. The Bertz CT molecular complexity index is 359. The van der Waals surface area contributed by atoms with Gasteiger partial charge in [-0.1, -0.05) is 31.5 Å². The fraction of sp³-hybridized carbons (Fsp3) is 0.462. The average molecular weight is 203 g/mol. The SMILES string of the molecule is CCCCN1CCc2ccccc2C1=O. The molecule has 15 heavy (non-hydrogen) atoms. The lowest BCUT2D eigenvalue weighted by Gasteiger charge is -2.28. The maximum atomic E-state index is 12.0. The van der Waals surface area contributed by atoms with E-state index in [2.05, 4.69) is 13.0 Å². The van der Waals surface area contributed by atoms with Gasteiger partial charge in [-0.05, 0) is 24.5 Å². The number of carbonyl (C=O) groups is 1. The molecular formula is C13H17NO. The van der Waals surface area contributed by atoms with Crippen LogP contribution >= 0.6 is 0 Å². The molecule has 2 heteroatoms. The van der Waals surface area contributed by atoms with E-state index >= 15 is 0 Å². The summed E-state index contributed by atoms with van der Waals surface area (Å²) in [6.07, 6.45) is 3.25. The van der Waals surface area contributed by atoms with Crippen molar-refractivity contribution in [2.45, 2.75) is 26.2 Å². The summed E-state index contributed by atoms with van der Waals surface area (Å²) in [5.41, 5.74) is 2.11. The van der Waals surface area contributed by atoms with E-state index in [-0.39, 0.29) is 5.91 Å². The van der Waals surface area contributed by atoms with Crippen LogP contribution < -0.4 is 0 Å². The summed E-state index contributed by atoms with van der Waals surface area (Å²) in [6.45, 7) is 3.95. The summed E-state index contributed by atoms with van der Waals surface area (Å²) in [6, 6.07) is 7.95. The Labute approximate surface area is 90.9 Å². The van der Waals surface area contributed by atoms with Gasteiger partial charge in [0.2, 0.25) is 0 Å². The molecule has 1 amide bonds. The highest BCUT2D eigenvalue weighted by molar-refractivity contribution is 5.96. The highest BCUT2D eigenvalue weighted by Gasteiger charge is 2.22. The third kappa shape index (κ3) is 2.04. The Morgan fingerprint density at radius 3 is 2.93 bits per heavy atom. The smallest absolute Gasteiger partial charge is 0.254 e. The number of amides is 1. The lowest BCUT2D eigenvalue weighted by molar-refractivity contribution is 0.0737. The Kier molecular flexibility index (Phi) is 3.05. The van der Waals surface area contributed by atoms with Gasteiger partial charge in [0.25, 0.3) is 5.91 Å². The molecule has 0 aliphatic carbocycles. The molecule has 0 spiro atoms. The van der Waals surface area contributed by atoms with Gasteiger partial charge >= 0.3 is 0 Å². The van der Waals surface area contributed by atoms with Gasteiger partial charge < -0.3 is 4.90 Å². The van der Waals surface area contributed by atoms with Crippen LogP contribution in [0.15, 0.2) is 24.3 Å². The molecular weight excluding hydrogens is 186 g/mol. The van der Waals surface area contributed by atoms with Gasteiger partial charge in [-0.25, -0.2) is 0 Å². The van der Waals surface area contributed by atoms with Crippen molar-refractivity contribution in [1.82, 2.24) is 4.90 Å². The molecule has 2 nitrogen and oxygen atoms in total. The molecule has 0 aromatic heterocycles. The van der Waals surface area contributed by atoms with Crippen molar-refractivity contribution in [3.8, 4) is 0 Å². The van der Waals surface area contributed by atoms with E-state index < -0.39 is 0 Å². The number of nitrogens with zero attached hydrogens (tertiary/aromatic N) is 1. The summed E-state index contributed by atoms with van der Waals surface area (Å²) in [5, 5.41) is 0. The molecule has 0 saturated carbocycles. The van der Waals surface area contributed by atoms with Gasteiger partial charge in [0.1, 0.15) is 0 Å². The zero-order chi connectivity index (χ0) is 10.7. The summed E-state index contributed by atoms with van der Waals surface area (Å²) in [7, 11) is 0. The topological polar surface area (TPSA) is 20.3 Å². The van der Waals surface area contributed by atoms with E-state index in [9.17, 15) is 4.79 Å². The molecule has 0 fully saturated rings. The third-order valence-electron chi connectivity index (χ3n) is 2.97. The first-order valence-corrected chi connectivity index (χ1v) is 5.70. The Morgan fingerprint density at radius 2 is 2.13 bits per heavy atom. The van der Waals surface area contributed by atoms with Gasteiger partial charge in [0.15, 0.2) is 0 Å². The van der Waals surface area contributed by atoms with Gasteiger partial charge in [-0.15, -0.1) is 0 Å². The second kappa shape index (κ2) is 4.47. The molecule has 0 atom stereocenters. The number of unbranched alkanes of at least 4 members (excludes halogenated alkanes) is 1. The number of hydrogen-bond acceptors (Lipinski definition) is 1. The first kappa shape index (κ1) is 10.2. The van der Waals surface area contributed by atoms with E-state index in [4.69, 9.17) is 0 Å². The maximum absolute atomic E-state index is 12.0. The molecule has 2 rings (SSSR count). The van der Waals surface area contributed by atoms with Crippen LogP contribution in [-0.4, -0.2) is 23.9 Å². The molecule has 1 heterocycles. The van der Waals surface area contributed by atoms with Crippen molar-refractivity contribution in [2.75, 3.05) is 13.1 Å². The molecule has 0 saturated heterocycles. The van der Waals surface area contributed by atoms with Crippen LogP contribution in [0.1, 0.15) is 35.7 Å². The predicted octanol–water partition coefficient (Wildman–Crippen LogP) is 2.49. The van der Waals surface area contributed by atoms with Crippen LogP contribution in [-0.2, 0) is 6.42 Å². The number of hydrogen-bond donors (Lipinski definition) is 0. The Balaban J connectivity index is 2.15. The molecule has 1 aromatic carbocycles. The zero-order valence-corrected chi connectivity index (χ0v) is 9.20. The highest BCUT2D eigenvalue weighted by Crippen LogP contribution is 2.18. The number of rotatable bonds is 3. The minimum absolute atomic E-state index is 0.213. The third-order valence-corrected chi connectivity index (χ3v) is 2.97. The molecule has 1 aliphatic heterocycles. The molecule has 0 N–H and O–H groups in total. The van der Waals surface area contributed by atoms with Crippen molar-refractivity contribution in [3.05, 3.63) is 35.4 Å². The maximum Gasteiger partial charge on any atom is 0.254 e. The first-order chi connectivity index (χ1) is 7.33. The van der Waals surface area contributed by atoms with Crippen molar-refractivity contribution >= 4 is 5.91 Å². The van der Waals surface area contributed by atoms with Crippen LogP contribution in [0, 0.1) is 0 Å². The van der Waals surface area contributed by atoms with Gasteiger partial charge in [0, 0.05) is 18.7 Å². The number of carbonyl (C=O) groups excluding carboxylic acids is 1. The lowest BCUT2D eigenvalue weighted by Crippen LogP contribution is -2.38. The van der Waals surface area contributed by atoms with Crippen molar-refractivity contribution in [2.24, 2.45) is 0 Å². The second-order valence-corrected chi connectivity index (χ2v) is 4.05. The van der Waals surface area contributed by atoms with Gasteiger partial charge in [0.05, 0.1) is 0 Å². The molecule has 1 aromatic rings. The van der Waals surface area contributed by atoms with Crippen LogP contribution in [0.3, 0.4) is 0 Å². The standard InChI is InChI=1S/C13H17NO/c1-2-3-9-14-10-8-11-6-4-5-7-12(11)13(14)15/h4-7H,2-3,8-10H2,1H3. The fourth-order valence-electron chi connectivity index (χ4n) is 2.04. The highest BCUT2D eigenvalue weighted by atomic mass is 16.2. The van der Waals surface area contributed by atoms with Crippen molar-refractivity contribution in [1.29, 1.82) is 0 Å². The summed E-state index contributed by atoms with van der Waals surface area (Å²) < 4.78 is 0. The normalized spacial score (nSPS) is 15.3. The summed E-state index contributed by atoms with van der Waals surface area (Å²) in [4.78, 5) is 14.0. The molecule has 1 aliphatic rings. The van der Waals surface area contributed by atoms with E-state index in [1.165, 1.54) is 5.56 Å². The van der Waals surface area contributed by atoms with Crippen LogP contribution in [0.2, 0.25) is 0 Å². The Morgan fingerprint density at radius 1 is 1.33 bits per heavy atom. The van der Waals surface area contributed by atoms with Crippen molar-refractivity contribution < 1.29 is 4.79 Å². The van der Waals surface area contributed by atoms with Gasteiger partial charge in [-0.2, -0.15) is 0 Å². The van der Waals surface area contributed by atoms with Crippen molar-refractivity contribution in [3.63, 3.8) is 0 Å². The van der Waals surface area contributed by atoms with E-state index in [1.807, 2.05) is 23.1 Å². The Hall–Kier alpha value is -1.31. The predicted molar refractivity (Wildman–Crippen MR) is 61.0 cm³/mol. The van der Waals surface area contributed by atoms with E-state index in [0.29, 0.717) is 0 Å². The molecule has 80 valence electrons. The minimum Gasteiger partial charge on any atom is -0.338 e. The fourth-order valence-corrected chi connectivity index (χ4v) is 2.04. The second-order valence-electron chi connectivity index (χ2n) is 4.05. The minimum atomic E-state index is 0.213. The number of benzene rings is 1. The zero-order valence-electron chi connectivity index (χ0n) is 9.20. The van der Waals surface area contributed by atoms with Crippen LogP contribution in [0.5, 0.6) is 0 Å². The number of fused-ring (bicyclic) bond motifs is 1. The molecule has 0 radical (unpaired) electrons. The van der Waals surface area contributed by atoms with Crippen LogP contribution in [0.4, 0.5) is 0 Å². The quantitative estimate of drug-likeness (QED) is 0.739. The monoisotopic (exact) mass is 203 g/mol. The summed E-state index contributed by atoms with van der Waals surface area (Å²) in [5.74, 6) is 0.213. The lowest BCUT2D eigenvalue weighted by atomic mass is 9.99. The van der Waals surface area contributed by atoms with E-state index in [0.717, 1.165) is 37.9 Å². The van der Waals surface area contributed by atoms with Gasteiger partial charge in [-0.3, -0.25) is 4.79 Å². The molecule has 0 unspecified atom stereocenters. The molecule has 0 bridgehead atoms. The van der Waals surface area contributed by atoms with Crippen LogP contribution in [0.25, 0.3) is 0 Å². The first-order valence-electron chi connectivity index (χ1n) is 5.70. The average Bonchev–Trinajstić information content (AvgIpc) is 2.29.